The van der Waals surface area contributed by atoms with Gasteiger partial charge in [-0.1, -0.05) is 6.07 Å². The van der Waals surface area contributed by atoms with Crippen molar-refractivity contribution in [2.24, 2.45) is 0 Å². The number of ether oxygens (including phenoxy) is 2. The normalized spacial score (nSPS) is 10.6. The van der Waals surface area contributed by atoms with Crippen LogP contribution >= 0.6 is 0 Å². The maximum Gasteiger partial charge on any atom is 0.291 e. The van der Waals surface area contributed by atoms with E-state index in [2.05, 4.69) is 5.32 Å². The molecule has 0 aliphatic rings. The third-order valence-corrected chi connectivity index (χ3v) is 4.30. The number of aryl methyl sites for hydroxylation is 2. The molecule has 1 N–H and O–H groups in total. The fourth-order valence-electron chi connectivity index (χ4n) is 2.66. The summed E-state index contributed by atoms with van der Waals surface area (Å²) in [4.78, 5) is 25.0. The molecule has 3 rings (SSSR count). The van der Waals surface area contributed by atoms with Gasteiger partial charge in [-0.25, -0.2) is 0 Å². The lowest BCUT2D eigenvalue weighted by Crippen LogP contribution is -2.16. The van der Waals surface area contributed by atoms with Crippen molar-refractivity contribution in [3.05, 3.63) is 63.5 Å². The van der Waals surface area contributed by atoms with E-state index in [0.717, 1.165) is 11.1 Å². The van der Waals surface area contributed by atoms with Crippen molar-refractivity contribution in [3.8, 4) is 11.5 Å². The van der Waals surface area contributed by atoms with Crippen LogP contribution in [0.1, 0.15) is 21.7 Å². The molecule has 3 aromatic rings. The van der Waals surface area contributed by atoms with Crippen molar-refractivity contribution in [2.45, 2.75) is 13.8 Å². The van der Waals surface area contributed by atoms with E-state index >= 15 is 0 Å². The van der Waals surface area contributed by atoms with Gasteiger partial charge in [-0.05, 0) is 43.2 Å². The van der Waals surface area contributed by atoms with Gasteiger partial charge in [0.2, 0.25) is 0 Å². The lowest BCUT2D eigenvalue weighted by molar-refractivity contribution is 0.0996. The first-order valence-electron chi connectivity index (χ1n) is 8.02. The Balaban J connectivity index is 2.03. The van der Waals surface area contributed by atoms with Crippen molar-refractivity contribution in [2.75, 3.05) is 19.5 Å². The van der Waals surface area contributed by atoms with E-state index in [1.165, 1.54) is 20.3 Å². The van der Waals surface area contributed by atoms with Crippen LogP contribution in [0, 0.1) is 13.8 Å². The Kier molecular flexibility index (Phi) is 4.67. The van der Waals surface area contributed by atoms with Crippen LogP contribution in [0.15, 0.2) is 45.6 Å². The number of hydrogen-bond acceptors (Lipinski definition) is 5. The van der Waals surface area contributed by atoms with E-state index in [1.54, 1.807) is 24.3 Å². The van der Waals surface area contributed by atoms with Gasteiger partial charge < -0.3 is 19.2 Å². The number of carbonyl (C=O) groups excluding carboxylic acids is 1. The second-order valence-electron chi connectivity index (χ2n) is 5.88. The van der Waals surface area contributed by atoms with E-state index in [0.29, 0.717) is 28.2 Å². The average Bonchev–Trinajstić information content (AvgIpc) is 2.64. The SMILES string of the molecule is COc1ccc(OC)c(NC(=O)c2cc(=O)c3ccc(C)c(C)c3o2)c1. The Morgan fingerprint density at radius 2 is 1.81 bits per heavy atom. The summed E-state index contributed by atoms with van der Waals surface area (Å²) in [5, 5.41) is 3.15. The zero-order valence-electron chi connectivity index (χ0n) is 15.0. The van der Waals surface area contributed by atoms with Gasteiger partial charge in [0.15, 0.2) is 11.2 Å². The number of fused-ring (bicyclic) bond motifs is 1. The van der Waals surface area contributed by atoms with E-state index in [4.69, 9.17) is 13.9 Å². The second-order valence-corrected chi connectivity index (χ2v) is 5.88. The van der Waals surface area contributed by atoms with Crippen molar-refractivity contribution in [1.29, 1.82) is 0 Å². The zero-order valence-corrected chi connectivity index (χ0v) is 15.0. The summed E-state index contributed by atoms with van der Waals surface area (Å²) in [6, 6.07) is 9.78. The molecule has 134 valence electrons. The van der Waals surface area contributed by atoms with Crippen LogP contribution in [0.2, 0.25) is 0 Å². The van der Waals surface area contributed by atoms with Gasteiger partial charge in [-0.3, -0.25) is 9.59 Å². The van der Waals surface area contributed by atoms with Gasteiger partial charge in [0.05, 0.1) is 25.3 Å². The third-order valence-electron chi connectivity index (χ3n) is 4.30. The zero-order chi connectivity index (χ0) is 18.8. The highest BCUT2D eigenvalue weighted by Gasteiger charge is 2.16. The summed E-state index contributed by atoms with van der Waals surface area (Å²) < 4.78 is 16.1. The van der Waals surface area contributed by atoms with Crippen LogP contribution in [0.25, 0.3) is 11.0 Å². The van der Waals surface area contributed by atoms with Crippen LogP contribution in [0.4, 0.5) is 5.69 Å². The van der Waals surface area contributed by atoms with Crippen LogP contribution < -0.4 is 20.2 Å². The van der Waals surface area contributed by atoms with Crippen molar-refractivity contribution < 1.29 is 18.7 Å². The number of anilines is 1. The largest absolute Gasteiger partial charge is 0.497 e. The molecule has 0 saturated heterocycles. The Labute approximate surface area is 150 Å². The molecule has 0 atom stereocenters. The predicted octanol–water partition coefficient (Wildman–Crippen LogP) is 3.68. The van der Waals surface area contributed by atoms with E-state index in [9.17, 15) is 9.59 Å². The van der Waals surface area contributed by atoms with E-state index in [-0.39, 0.29) is 11.2 Å². The van der Waals surface area contributed by atoms with Crippen molar-refractivity contribution in [1.82, 2.24) is 0 Å². The van der Waals surface area contributed by atoms with Crippen LogP contribution in [-0.2, 0) is 0 Å². The minimum Gasteiger partial charge on any atom is -0.497 e. The van der Waals surface area contributed by atoms with Crippen molar-refractivity contribution in [3.63, 3.8) is 0 Å². The highest BCUT2D eigenvalue weighted by molar-refractivity contribution is 6.04. The van der Waals surface area contributed by atoms with Crippen molar-refractivity contribution >= 4 is 22.6 Å². The lowest BCUT2D eigenvalue weighted by atomic mass is 10.1. The molecular formula is C20H19NO5. The molecule has 0 aliphatic carbocycles. The topological polar surface area (TPSA) is 77.8 Å². The summed E-state index contributed by atoms with van der Waals surface area (Å²) in [6.45, 7) is 3.77. The minimum absolute atomic E-state index is 0.0685. The smallest absolute Gasteiger partial charge is 0.291 e. The Hall–Kier alpha value is -3.28. The van der Waals surface area contributed by atoms with Crippen LogP contribution in [0.3, 0.4) is 0 Å². The Morgan fingerprint density at radius 1 is 1.04 bits per heavy atom. The second kappa shape index (κ2) is 6.92. The van der Waals surface area contributed by atoms with Crippen LogP contribution in [0.5, 0.6) is 11.5 Å². The van der Waals surface area contributed by atoms with Gasteiger partial charge in [0.1, 0.15) is 17.1 Å². The first kappa shape index (κ1) is 17.5. The highest BCUT2D eigenvalue weighted by Crippen LogP contribution is 2.29. The molecule has 6 nitrogen and oxygen atoms in total. The Morgan fingerprint density at radius 3 is 2.50 bits per heavy atom. The molecular weight excluding hydrogens is 334 g/mol. The molecule has 0 fully saturated rings. The number of hydrogen-bond donors (Lipinski definition) is 1. The summed E-state index contributed by atoms with van der Waals surface area (Å²) in [6.07, 6.45) is 0. The summed E-state index contributed by atoms with van der Waals surface area (Å²) in [5.74, 6) is 0.416. The minimum atomic E-state index is -0.545. The number of methoxy groups -OCH3 is 2. The standard InChI is InChI=1S/C20H19NO5/c1-11-5-7-14-16(22)10-18(26-19(14)12(11)2)20(23)21-15-9-13(24-3)6-8-17(15)25-4/h5-10H,1-4H3,(H,21,23). The first-order chi connectivity index (χ1) is 12.4. The number of rotatable bonds is 4. The predicted molar refractivity (Wildman–Crippen MR) is 99.5 cm³/mol. The molecule has 6 heteroatoms. The maximum absolute atomic E-state index is 12.6. The molecule has 1 heterocycles. The number of amides is 1. The highest BCUT2D eigenvalue weighted by atomic mass is 16.5. The van der Waals surface area contributed by atoms with Gasteiger partial charge in [0.25, 0.3) is 5.91 Å². The van der Waals surface area contributed by atoms with Gasteiger partial charge in [0, 0.05) is 12.1 Å². The molecule has 1 amide bonds. The number of carbonyl (C=O) groups is 1. The number of nitrogens with one attached hydrogen (secondary N) is 1. The Bertz CT molecular complexity index is 1050. The molecule has 0 radical (unpaired) electrons. The molecule has 0 bridgehead atoms. The van der Waals surface area contributed by atoms with Gasteiger partial charge in [-0.2, -0.15) is 0 Å². The molecule has 0 spiro atoms. The van der Waals surface area contributed by atoms with Gasteiger partial charge >= 0.3 is 0 Å². The summed E-state index contributed by atoms with van der Waals surface area (Å²) >= 11 is 0. The molecule has 0 saturated carbocycles. The summed E-state index contributed by atoms with van der Waals surface area (Å²) in [7, 11) is 3.03. The average molecular weight is 353 g/mol. The molecule has 0 aliphatic heterocycles. The number of benzene rings is 2. The first-order valence-corrected chi connectivity index (χ1v) is 8.02. The monoisotopic (exact) mass is 353 g/mol. The van der Waals surface area contributed by atoms with E-state index in [1.807, 2.05) is 19.9 Å². The third kappa shape index (κ3) is 3.13. The van der Waals surface area contributed by atoms with E-state index < -0.39 is 5.91 Å². The lowest BCUT2D eigenvalue weighted by Gasteiger charge is -2.12. The van der Waals surface area contributed by atoms with Crippen LogP contribution in [-0.4, -0.2) is 20.1 Å². The molecule has 2 aromatic carbocycles. The molecule has 0 unspecified atom stereocenters. The molecule has 1 aromatic heterocycles. The summed E-state index contributed by atoms with van der Waals surface area (Å²) in [5.41, 5.74) is 2.37. The molecule has 26 heavy (non-hydrogen) atoms. The quantitative estimate of drug-likeness (QED) is 0.774. The fourth-order valence-corrected chi connectivity index (χ4v) is 2.66. The fraction of sp³-hybridized carbons (Fsp3) is 0.200. The maximum atomic E-state index is 12.6. The van der Waals surface area contributed by atoms with Gasteiger partial charge in [-0.15, -0.1) is 0 Å².